The van der Waals surface area contributed by atoms with E-state index in [1.807, 2.05) is 44.2 Å². The van der Waals surface area contributed by atoms with Gasteiger partial charge in [-0.1, -0.05) is 18.2 Å². The van der Waals surface area contributed by atoms with E-state index in [0.717, 1.165) is 33.0 Å². The van der Waals surface area contributed by atoms with Crippen LogP contribution in [0.5, 0.6) is 5.75 Å². The summed E-state index contributed by atoms with van der Waals surface area (Å²) >= 11 is 0. The first-order chi connectivity index (χ1) is 12.6. The quantitative estimate of drug-likeness (QED) is 0.789. The molecule has 2 aromatic rings. The van der Waals surface area contributed by atoms with E-state index >= 15 is 0 Å². The van der Waals surface area contributed by atoms with Gasteiger partial charge in [0.2, 0.25) is 15.9 Å². The predicted molar refractivity (Wildman–Crippen MR) is 108 cm³/mol. The third-order valence-electron chi connectivity index (χ3n) is 4.18. The number of sulfonamides is 1. The molecule has 1 N–H and O–H groups in total. The number of nitrogens with zero attached hydrogens (tertiary/aromatic N) is 1. The lowest BCUT2D eigenvalue weighted by Crippen LogP contribution is -2.47. The SMILES string of the molecule is COc1ccc(CNC(=O)[C@H](C)N(c2cc(C)cc(C)c2)S(C)(=O)=O)cc1. The fourth-order valence-electron chi connectivity index (χ4n) is 2.97. The van der Waals surface area contributed by atoms with Crippen LogP contribution in [0.15, 0.2) is 42.5 Å². The summed E-state index contributed by atoms with van der Waals surface area (Å²) in [5, 5.41) is 2.80. The van der Waals surface area contributed by atoms with Crippen LogP contribution in [0.4, 0.5) is 5.69 Å². The van der Waals surface area contributed by atoms with Gasteiger partial charge < -0.3 is 10.1 Å². The van der Waals surface area contributed by atoms with Crippen LogP contribution in [-0.2, 0) is 21.4 Å². The molecule has 146 valence electrons. The number of ether oxygens (including phenoxy) is 1. The van der Waals surface area contributed by atoms with Crippen molar-refractivity contribution >= 4 is 21.6 Å². The number of amides is 1. The van der Waals surface area contributed by atoms with E-state index in [-0.39, 0.29) is 5.91 Å². The van der Waals surface area contributed by atoms with Crippen LogP contribution in [0.1, 0.15) is 23.6 Å². The molecule has 0 fully saturated rings. The topological polar surface area (TPSA) is 75.7 Å². The van der Waals surface area contributed by atoms with Crippen molar-refractivity contribution in [2.24, 2.45) is 0 Å². The minimum Gasteiger partial charge on any atom is -0.497 e. The summed E-state index contributed by atoms with van der Waals surface area (Å²) in [6.45, 7) is 5.68. The lowest BCUT2D eigenvalue weighted by atomic mass is 10.1. The third kappa shape index (κ3) is 5.47. The Balaban J connectivity index is 2.19. The zero-order chi connectivity index (χ0) is 20.2. The summed E-state index contributed by atoms with van der Waals surface area (Å²) in [6, 6.07) is 11.9. The molecule has 0 spiro atoms. The lowest BCUT2D eigenvalue weighted by molar-refractivity contribution is -0.122. The van der Waals surface area contributed by atoms with Gasteiger partial charge in [-0.2, -0.15) is 0 Å². The normalized spacial score (nSPS) is 12.3. The van der Waals surface area contributed by atoms with Gasteiger partial charge in [-0.15, -0.1) is 0 Å². The molecule has 0 aliphatic rings. The van der Waals surface area contributed by atoms with Gasteiger partial charge in [0.05, 0.1) is 19.1 Å². The minimum atomic E-state index is -3.63. The second-order valence-electron chi connectivity index (χ2n) is 6.65. The number of nitrogens with one attached hydrogen (secondary N) is 1. The molecule has 0 bridgehead atoms. The van der Waals surface area contributed by atoms with Crippen molar-refractivity contribution in [2.45, 2.75) is 33.4 Å². The average molecular weight is 391 g/mol. The van der Waals surface area contributed by atoms with Gasteiger partial charge >= 0.3 is 0 Å². The van der Waals surface area contributed by atoms with Crippen molar-refractivity contribution in [2.75, 3.05) is 17.7 Å². The van der Waals surface area contributed by atoms with Crippen LogP contribution in [0.2, 0.25) is 0 Å². The largest absolute Gasteiger partial charge is 0.497 e. The van der Waals surface area contributed by atoms with Crippen molar-refractivity contribution in [1.29, 1.82) is 0 Å². The van der Waals surface area contributed by atoms with Crippen molar-refractivity contribution < 1.29 is 17.9 Å². The van der Waals surface area contributed by atoms with Gasteiger partial charge in [0.25, 0.3) is 0 Å². The molecule has 27 heavy (non-hydrogen) atoms. The van der Waals surface area contributed by atoms with Crippen LogP contribution in [0, 0.1) is 13.8 Å². The molecule has 1 atom stereocenters. The van der Waals surface area contributed by atoms with Crippen LogP contribution in [0.3, 0.4) is 0 Å². The smallest absolute Gasteiger partial charge is 0.243 e. The Bertz CT molecular complexity index is 888. The Morgan fingerprint density at radius 2 is 1.67 bits per heavy atom. The first-order valence-corrected chi connectivity index (χ1v) is 10.4. The highest BCUT2D eigenvalue weighted by Gasteiger charge is 2.29. The van der Waals surface area contributed by atoms with E-state index < -0.39 is 16.1 Å². The Morgan fingerprint density at radius 1 is 1.11 bits per heavy atom. The van der Waals surface area contributed by atoms with Crippen molar-refractivity contribution in [3.05, 3.63) is 59.2 Å². The molecule has 7 heteroatoms. The van der Waals surface area contributed by atoms with Gasteiger partial charge in [-0.25, -0.2) is 8.42 Å². The standard InChI is InChI=1S/C20H26N2O4S/c1-14-10-15(2)12-18(11-14)22(27(5,24)25)16(3)20(23)21-13-17-6-8-19(26-4)9-7-17/h6-12,16H,13H2,1-5H3,(H,21,23)/t16-/m0/s1. The monoisotopic (exact) mass is 390 g/mol. The van der Waals surface area contributed by atoms with E-state index in [1.165, 1.54) is 0 Å². The number of hydrogen-bond donors (Lipinski definition) is 1. The highest BCUT2D eigenvalue weighted by atomic mass is 32.2. The van der Waals surface area contributed by atoms with E-state index in [4.69, 9.17) is 4.74 Å². The highest BCUT2D eigenvalue weighted by Crippen LogP contribution is 2.24. The molecule has 0 radical (unpaired) electrons. The van der Waals surface area contributed by atoms with E-state index in [1.54, 1.807) is 26.2 Å². The molecular weight excluding hydrogens is 364 g/mol. The zero-order valence-corrected chi connectivity index (χ0v) is 17.1. The number of anilines is 1. The molecule has 0 heterocycles. The maximum Gasteiger partial charge on any atom is 0.243 e. The number of aryl methyl sites for hydroxylation is 2. The van der Waals surface area contributed by atoms with Gasteiger partial charge in [0.1, 0.15) is 11.8 Å². The van der Waals surface area contributed by atoms with Gasteiger partial charge in [0.15, 0.2) is 0 Å². The van der Waals surface area contributed by atoms with Crippen molar-refractivity contribution in [3.8, 4) is 5.75 Å². The van der Waals surface area contributed by atoms with E-state index in [2.05, 4.69) is 5.32 Å². The summed E-state index contributed by atoms with van der Waals surface area (Å²) in [6.07, 6.45) is 1.11. The fraction of sp³-hybridized carbons (Fsp3) is 0.350. The Kier molecular flexibility index (Phi) is 6.49. The second kappa shape index (κ2) is 8.43. The molecule has 6 nitrogen and oxygen atoms in total. The Morgan fingerprint density at radius 3 is 2.15 bits per heavy atom. The molecule has 0 aliphatic carbocycles. The Labute approximate surface area is 161 Å². The molecule has 0 saturated heterocycles. The third-order valence-corrected chi connectivity index (χ3v) is 5.42. The maximum absolute atomic E-state index is 12.6. The molecule has 0 aliphatic heterocycles. The summed E-state index contributed by atoms with van der Waals surface area (Å²) < 4.78 is 31.0. The van der Waals surface area contributed by atoms with Gasteiger partial charge in [-0.05, 0) is 61.7 Å². The van der Waals surface area contributed by atoms with Gasteiger partial charge in [0, 0.05) is 6.54 Å². The first kappa shape index (κ1) is 20.8. The van der Waals surface area contributed by atoms with Crippen molar-refractivity contribution in [3.63, 3.8) is 0 Å². The average Bonchev–Trinajstić information content (AvgIpc) is 2.58. The fourth-order valence-corrected chi connectivity index (χ4v) is 4.13. The molecule has 2 rings (SSSR count). The second-order valence-corrected chi connectivity index (χ2v) is 8.51. The number of carbonyl (C=O) groups is 1. The molecule has 0 unspecified atom stereocenters. The van der Waals surface area contributed by atoms with Crippen molar-refractivity contribution in [1.82, 2.24) is 5.32 Å². The van der Waals surface area contributed by atoms with Gasteiger partial charge in [-0.3, -0.25) is 9.10 Å². The highest BCUT2D eigenvalue weighted by molar-refractivity contribution is 7.92. The van der Waals surface area contributed by atoms with E-state index in [0.29, 0.717) is 12.2 Å². The van der Waals surface area contributed by atoms with Crippen LogP contribution in [0.25, 0.3) is 0 Å². The summed E-state index contributed by atoms with van der Waals surface area (Å²) in [7, 11) is -2.04. The number of carbonyl (C=O) groups excluding carboxylic acids is 1. The molecule has 1 amide bonds. The number of benzene rings is 2. The van der Waals surface area contributed by atoms with E-state index in [9.17, 15) is 13.2 Å². The maximum atomic E-state index is 12.6. The molecule has 2 aromatic carbocycles. The lowest BCUT2D eigenvalue weighted by Gasteiger charge is -2.28. The zero-order valence-electron chi connectivity index (χ0n) is 16.3. The number of rotatable bonds is 7. The Hall–Kier alpha value is -2.54. The number of hydrogen-bond acceptors (Lipinski definition) is 4. The predicted octanol–water partition coefficient (Wildman–Crippen LogP) is 2.78. The minimum absolute atomic E-state index is 0.303. The molecule has 0 saturated carbocycles. The summed E-state index contributed by atoms with van der Waals surface area (Å²) in [5.74, 6) is 0.368. The summed E-state index contributed by atoms with van der Waals surface area (Å²) in [4.78, 5) is 12.6. The summed E-state index contributed by atoms with van der Waals surface area (Å²) in [5.41, 5.74) is 3.25. The van der Waals surface area contributed by atoms with Crippen LogP contribution in [-0.4, -0.2) is 33.7 Å². The van der Waals surface area contributed by atoms with Crippen LogP contribution < -0.4 is 14.4 Å². The van der Waals surface area contributed by atoms with Crippen LogP contribution >= 0.6 is 0 Å². The first-order valence-electron chi connectivity index (χ1n) is 8.60. The molecule has 0 aromatic heterocycles. The molecular formula is C20H26N2O4S. The number of methoxy groups -OCH3 is 1.